The monoisotopic (exact) mass is 882 g/mol. The molecule has 0 saturated carbocycles. The number of carbonyl (C=O) groups is 2. The van der Waals surface area contributed by atoms with Gasteiger partial charge in [0.1, 0.15) is 9.81 Å². The van der Waals surface area contributed by atoms with Crippen molar-refractivity contribution in [2.75, 3.05) is 88.2 Å². The van der Waals surface area contributed by atoms with Crippen molar-refractivity contribution in [3.63, 3.8) is 0 Å². The first kappa shape index (κ1) is 41.5. The highest BCUT2D eigenvalue weighted by Gasteiger charge is 2.37. The molecule has 0 saturated heterocycles. The number of rotatable bonds is 14. The molecule has 46 heavy (non-hydrogen) atoms. The van der Waals surface area contributed by atoms with Gasteiger partial charge in [0.15, 0.2) is 0 Å². The van der Waals surface area contributed by atoms with Crippen molar-refractivity contribution < 1.29 is 38.0 Å². The Kier molecular flexibility index (Phi) is 24.2. The van der Waals surface area contributed by atoms with E-state index in [1.165, 1.54) is 32.0 Å². The molecule has 3 rings (SSSR count). The summed E-state index contributed by atoms with van der Waals surface area (Å²) >= 11 is 16.5. The van der Waals surface area contributed by atoms with Crippen molar-refractivity contribution in [3.05, 3.63) is 26.8 Å². The number of carbonyl (C=O) groups excluding carboxylic acids is 2. The van der Waals surface area contributed by atoms with E-state index in [0.29, 0.717) is 75.9 Å². The van der Waals surface area contributed by atoms with Gasteiger partial charge in [-0.1, -0.05) is 105 Å². The van der Waals surface area contributed by atoms with E-state index in [0.717, 1.165) is 82.0 Å². The van der Waals surface area contributed by atoms with E-state index in [1.54, 1.807) is 47.0 Å². The van der Waals surface area contributed by atoms with E-state index in [1.807, 2.05) is 0 Å². The summed E-state index contributed by atoms with van der Waals surface area (Å²) in [4.78, 5) is 27.2. The zero-order valence-corrected chi connectivity index (χ0v) is 34.1. The van der Waals surface area contributed by atoms with Crippen molar-refractivity contribution in [2.24, 2.45) is 0 Å². The molecule has 3 aliphatic heterocycles. The summed E-state index contributed by atoms with van der Waals surface area (Å²) in [5.74, 6) is 0.728. The largest absolute Gasteiger partial charge is 0.462 e. The second-order valence-electron chi connectivity index (χ2n) is 9.84. The van der Waals surface area contributed by atoms with Crippen molar-refractivity contribution in [1.82, 2.24) is 0 Å². The first-order valence-electron chi connectivity index (χ1n) is 15.6. The lowest BCUT2D eigenvalue weighted by Gasteiger charge is -2.09. The summed E-state index contributed by atoms with van der Waals surface area (Å²) < 4.78 is 38.3. The van der Waals surface area contributed by atoms with Crippen molar-refractivity contribution >= 4 is 114 Å². The minimum Gasteiger partial charge on any atom is -0.462 e. The first-order chi connectivity index (χ1) is 22.6. The highest BCUT2D eigenvalue weighted by molar-refractivity contribution is 9.09. The maximum Gasteiger partial charge on any atom is 0.346 e. The third-order valence-corrected chi connectivity index (χ3v) is 15.9. The quantitative estimate of drug-likeness (QED) is 0.0945. The van der Waals surface area contributed by atoms with Gasteiger partial charge in [0, 0.05) is 22.2 Å². The van der Waals surface area contributed by atoms with E-state index in [-0.39, 0.29) is 0 Å². The molecule has 16 heteroatoms. The van der Waals surface area contributed by atoms with Crippen LogP contribution in [0.2, 0.25) is 0 Å². The van der Waals surface area contributed by atoms with E-state index in [4.69, 9.17) is 28.4 Å². The average molecular weight is 885 g/mol. The number of alkyl halides is 2. The van der Waals surface area contributed by atoms with Gasteiger partial charge in [-0.05, 0) is 25.7 Å². The van der Waals surface area contributed by atoms with Crippen LogP contribution in [-0.4, -0.2) is 100 Å². The number of hydrogen-bond donors (Lipinski definition) is 0. The molecule has 0 aromatic heterocycles. The zero-order chi connectivity index (χ0) is 32.7. The van der Waals surface area contributed by atoms with E-state index in [9.17, 15) is 9.59 Å². The molecule has 0 radical (unpaired) electrons. The normalized spacial score (nSPS) is 19.6. The minimum absolute atomic E-state index is 0.331. The molecule has 0 aliphatic carbocycles. The average Bonchev–Trinajstić information content (AvgIpc) is 3.68. The van der Waals surface area contributed by atoms with Crippen LogP contribution < -0.4 is 0 Å². The van der Waals surface area contributed by atoms with Crippen molar-refractivity contribution in [2.45, 2.75) is 51.4 Å². The van der Waals surface area contributed by atoms with Gasteiger partial charge in [-0.15, -0.1) is 23.5 Å². The molecule has 0 fully saturated rings. The number of esters is 2. The summed E-state index contributed by atoms with van der Waals surface area (Å²) in [6.45, 7) is 5.20. The fraction of sp³-hybridized carbons (Fsp3) is 0.733. The van der Waals surface area contributed by atoms with E-state index in [2.05, 4.69) is 31.9 Å². The van der Waals surface area contributed by atoms with Gasteiger partial charge in [0.05, 0.1) is 83.0 Å². The van der Waals surface area contributed by atoms with Crippen LogP contribution in [0.1, 0.15) is 51.4 Å². The van der Waals surface area contributed by atoms with Gasteiger partial charge in [0.25, 0.3) is 0 Å². The summed E-state index contributed by atoms with van der Waals surface area (Å²) in [5, 5.41) is 1.95. The summed E-state index contributed by atoms with van der Waals surface area (Å²) in [6.07, 6.45) is 7.97. The Morgan fingerprint density at radius 1 is 0.500 bits per heavy atom. The molecule has 0 aromatic carbocycles. The number of halogens is 2. The summed E-state index contributed by atoms with van der Waals surface area (Å²) in [7, 11) is 0. The Morgan fingerprint density at radius 3 is 1.28 bits per heavy atom. The second kappa shape index (κ2) is 26.8. The molecule has 3 heterocycles. The van der Waals surface area contributed by atoms with Gasteiger partial charge in [0.2, 0.25) is 0 Å². The van der Waals surface area contributed by atoms with Crippen LogP contribution >= 0.6 is 102 Å². The molecular formula is C30H44Br2O8S6. The molecule has 0 aromatic rings. The number of ether oxygens (including phenoxy) is 6. The van der Waals surface area contributed by atoms with Crippen LogP contribution in [0.25, 0.3) is 0 Å². The fourth-order valence-electron chi connectivity index (χ4n) is 3.89. The summed E-state index contributed by atoms with van der Waals surface area (Å²) in [6, 6.07) is 0. The molecule has 0 bridgehead atoms. The number of hydrogen-bond acceptors (Lipinski definition) is 14. The van der Waals surface area contributed by atoms with E-state index < -0.39 is 11.9 Å². The maximum atomic E-state index is 13.3. The molecule has 3 aliphatic rings. The van der Waals surface area contributed by atoms with Crippen LogP contribution in [0.4, 0.5) is 0 Å². The first-order valence-corrected chi connectivity index (χ1v) is 23.1. The Bertz CT molecular complexity index is 955. The van der Waals surface area contributed by atoms with Gasteiger partial charge in [-0.3, -0.25) is 0 Å². The molecular weight excluding hydrogens is 841 g/mol. The summed E-state index contributed by atoms with van der Waals surface area (Å²) in [5.41, 5.74) is 0. The Hall–Kier alpha value is 1.06. The highest BCUT2D eigenvalue weighted by Crippen LogP contribution is 2.63. The minimum atomic E-state index is -0.450. The third-order valence-electron chi connectivity index (χ3n) is 6.23. The molecule has 262 valence electrons. The lowest BCUT2D eigenvalue weighted by atomic mass is 10.2. The smallest absolute Gasteiger partial charge is 0.346 e. The van der Waals surface area contributed by atoms with Gasteiger partial charge in [-0.25, -0.2) is 9.59 Å². The molecule has 8 nitrogen and oxygen atoms in total. The molecule has 0 unspecified atom stereocenters. The number of unbranched alkanes of at least 4 members (excludes halogenated alkanes) is 6. The molecule has 0 N–H and O–H groups in total. The molecule has 0 atom stereocenters. The third kappa shape index (κ3) is 16.8. The Labute approximate surface area is 316 Å². The van der Waals surface area contributed by atoms with Crippen LogP contribution in [0.3, 0.4) is 0 Å². The van der Waals surface area contributed by atoms with Crippen molar-refractivity contribution in [1.29, 1.82) is 0 Å². The predicted octanol–water partition coefficient (Wildman–Crippen LogP) is 8.95. The second-order valence-corrected chi connectivity index (χ2v) is 18.8. The SMILES string of the molecule is O=C(OCCCCCCBr)C1=C(C(=O)OCCCCCCBr)SC(=C2SC3=C(SCCOCCOCCOCCOCCS3)S2)S1. The van der Waals surface area contributed by atoms with Crippen LogP contribution in [0.15, 0.2) is 26.8 Å². The Balaban J connectivity index is 1.65. The van der Waals surface area contributed by atoms with Gasteiger partial charge < -0.3 is 28.4 Å². The predicted molar refractivity (Wildman–Crippen MR) is 206 cm³/mol. The topological polar surface area (TPSA) is 89.5 Å². The lowest BCUT2D eigenvalue weighted by Crippen LogP contribution is -2.13. The fourth-order valence-corrected chi connectivity index (χ4v) is 13.1. The van der Waals surface area contributed by atoms with Crippen LogP contribution in [0, 0.1) is 0 Å². The highest BCUT2D eigenvalue weighted by atomic mass is 79.9. The zero-order valence-electron chi connectivity index (χ0n) is 26.0. The van der Waals surface area contributed by atoms with Crippen molar-refractivity contribution in [3.8, 4) is 0 Å². The van der Waals surface area contributed by atoms with Gasteiger partial charge in [-0.2, -0.15) is 0 Å². The van der Waals surface area contributed by atoms with Crippen LogP contribution in [-0.2, 0) is 38.0 Å². The number of thioether (sulfide) groups is 6. The maximum absolute atomic E-state index is 13.3. The lowest BCUT2D eigenvalue weighted by molar-refractivity contribution is -0.141. The van der Waals surface area contributed by atoms with E-state index >= 15 is 0 Å². The molecule has 0 spiro atoms. The standard InChI is InChI=1S/C30H44Br2O8S6/c31-9-5-1-3-7-11-39-25(33)23-24(26(34)40-12-8-4-2-6-10-32)44-29(43-23)30-45-27-28(46-30)42-22-20-38-18-16-36-14-13-35-15-17-37-19-21-41-27/h1-22H2. The Morgan fingerprint density at radius 2 is 0.870 bits per heavy atom. The van der Waals surface area contributed by atoms with Crippen LogP contribution in [0.5, 0.6) is 0 Å². The van der Waals surface area contributed by atoms with Gasteiger partial charge >= 0.3 is 11.9 Å². The molecule has 0 amide bonds.